The summed E-state index contributed by atoms with van der Waals surface area (Å²) in [6.45, 7) is 0. The van der Waals surface area contributed by atoms with Crippen molar-refractivity contribution in [3.63, 3.8) is 0 Å². The van der Waals surface area contributed by atoms with Gasteiger partial charge in [-0.25, -0.2) is 0 Å². The van der Waals surface area contributed by atoms with Crippen molar-refractivity contribution < 1.29 is 15.4 Å². The Hall–Kier alpha value is -1.36. The van der Waals surface area contributed by atoms with Crippen LogP contribution in [0.3, 0.4) is 0 Å². The lowest BCUT2D eigenvalue weighted by Crippen LogP contribution is -1.96. The zero-order valence-corrected chi connectivity index (χ0v) is 8.01. The van der Waals surface area contributed by atoms with Crippen molar-refractivity contribution in [2.75, 3.05) is 0 Å². The van der Waals surface area contributed by atoms with Crippen molar-refractivity contribution in [3.8, 4) is 0 Å². The smallest absolute Gasteiger partial charge is 0.192 e. The van der Waals surface area contributed by atoms with Crippen LogP contribution in [0.15, 0.2) is 45.8 Å². The van der Waals surface area contributed by atoms with Gasteiger partial charge in [-0.05, 0) is 12.1 Å². The van der Waals surface area contributed by atoms with E-state index in [-0.39, 0.29) is 28.8 Å². The fraction of sp³-hybridized carbons (Fsp3) is 0. The van der Waals surface area contributed by atoms with Crippen LogP contribution in [0.5, 0.6) is 0 Å². The summed E-state index contributed by atoms with van der Waals surface area (Å²) >= 11 is 0. The first-order chi connectivity index (χ1) is 5.38. The highest BCUT2D eigenvalue weighted by atomic mass is 35.5. The van der Waals surface area contributed by atoms with Gasteiger partial charge in [0.2, 0.25) is 0 Å². The summed E-state index contributed by atoms with van der Waals surface area (Å²) in [5, 5.41) is 0.634. The van der Waals surface area contributed by atoms with Gasteiger partial charge >= 0.3 is 0 Å². The highest BCUT2D eigenvalue weighted by molar-refractivity contribution is 5.85. The minimum Gasteiger partial charge on any atom is -0.464 e. The molecule has 0 aliphatic rings. The van der Waals surface area contributed by atoms with Crippen molar-refractivity contribution in [1.29, 1.82) is 0 Å². The molecule has 0 spiro atoms. The van der Waals surface area contributed by atoms with Crippen LogP contribution in [-0.4, -0.2) is 11.0 Å². The second-order valence-electron chi connectivity index (χ2n) is 2.28. The van der Waals surface area contributed by atoms with Gasteiger partial charge in [-0.15, -0.1) is 12.4 Å². The second-order valence-corrected chi connectivity index (χ2v) is 2.28. The van der Waals surface area contributed by atoms with Crippen LogP contribution < -0.4 is 5.43 Å². The first-order valence-electron chi connectivity index (χ1n) is 3.34. The van der Waals surface area contributed by atoms with Gasteiger partial charge in [-0.1, -0.05) is 12.1 Å². The van der Waals surface area contributed by atoms with E-state index in [1.165, 1.54) is 12.3 Å². The zero-order valence-electron chi connectivity index (χ0n) is 7.19. The van der Waals surface area contributed by atoms with E-state index < -0.39 is 0 Å². The molecule has 0 amide bonds. The third kappa shape index (κ3) is 2.56. The number of rotatable bonds is 0. The van der Waals surface area contributed by atoms with Crippen LogP contribution in [0, 0.1) is 0 Å². The normalized spacial score (nSPS) is 8.00. The van der Waals surface area contributed by atoms with Crippen molar-refractivity contribution in [1.82, 2.24) is 0 Å². The molecule has 0 fully saturated rings. The Morgan fingerprint density at radius 2 is 1.64 bits per heavy atom. The Morgan fingerprint density at radius 1 is 1.00 bits per heavy atom. The molecule has 0 saturated heterocycles. The Kier molecular flexibility index (Phi) is 6.64. The summed E-state index contributed by atoms with van der Waals surface area (Å²) in [6.07, 6.45) is 1.41. The third-order valence-corrected chi connectivity index (χ3v) is 1.57. The van der Waals surface area contributed by atoms with Gasteiger partial charge in [0.05, 0.1) is 11.6 Å². The molecule has 4 nitrogen and oxygen atoms in total. The number of halogens is 1. The Morgan fingerprint density at radius 3 is 2.29 bits per heavy atom. The number of benzene rings is 1. The number of hydrogen-bond donors (Lipinski definition) is 0. The predicted octanol–water partition coefficient (Wildman–Crippen LogP) is 0.565. The zero-order chi connectivity index (χ0) is 7.68. The van der Waals surface area contributed by atoms with E-state index in [9.17, 15) is 4.79 Å². The van der Waals surface area contributed by atoms with E-state index >= 15 is 0 Å². The van der Waals surface area contributed by atoms with Crippen LogP contribution in [0.2, 0.25) is 0 Å². The highest BCUT2D eigenvalue weighted by Crippen LogP contribution is 2.06. The molecule has 14 heavy (non-hydrogen) atoms. The van der Waals surface area contributed by atoms with Gasteiger partial charge in [0.25, 0.3) is 0 Å². The number of para-hydroxylation sites is 1. The van der Waals surface area contributed by atoms with E-state index in [0.717, 1.165) is 0 Å². The second kappa shape index (κ2) is 6.15. The molecule has 0 saturated carbocycles. The van der Waals surface area contributed by atoms with Crippen molar-refractivity contribution in [3.05, 3.63) is 46.8 Å². The topological polar surface area (TPSA) is 93.2 Å². The molecule has 5 heteroatoms. The summed E-state index contributed by atoms with van der Waals surface area (Å²) < 4.78 is 5.09. The molecule has 0 unspecified atom stereocenters. The standard InChI is InChI=1S/C9H6O2.ClH.2H2O/c10-8-5-6-11-9-4-2-1-3-7(8)9;;;/h1-6H;1H;2*1H2. The first kappa shape index (κ1) is 15.1. The molecule has 2 aromatic rings. The average molecular weight is 219 g/mol. The van der Waals surface area contributed by atoms with Crippen molar-refractivity contribution in [2.24, 2.45) is 0 Å². The molecule has 2 rings (SSSR count). The summed E-state index contributed by atoms with van der Waals surface area (Å²) in [6, 6.07) is 8.60. The molecule has 1 aromatic carbocycles. The molecular formula is C9H11ClO4. The number of fused-ring (bicyclic) bond motifs is 1. The van der Waals surface area contributed by atoms with E-state index in [0.29, 0.717) is 11.0 Å². The summed E-state index contributed by atoms with van der Waals surface area (Å²) in [7, 11) is 0. The molecule has 78 valence electrons. The van der Waals surface area contributed by atoms with E-state index in [2.05, 4.69) is 0 Å². The van der Waals surface area contributed by atoms with E-state index in [1.807, 2.05) is 12.1 Å². The fourth-order valence-corrected chi connectivity index (χ4v) is 1.03. The van der Waals surface area contributed by atoms with Gasteiger partial charge in [0, 0.05) is 6.07 Å². The van der Waals surface area contributed by atoms with Crippen LogP contribution in [0.4, 0.5) is 0 Å². The third-order valence-electron chi connectivity index (χ3n) is 1.57. The van der Waals surface area contributed by atoms with Crippen LogP contribution in [-0.2, 0) is 0 Å². The highest BCUT2D eigenvalue weighted by Gasteiger charge is 1.95. The SMILES string of the molecule is Cl.O.O.O=c1ccoc2ccccc12. The molecule has 0 aliphatic heterocycles. The van der Waals surface area contributed by atoms with Gasteiger partial charge in [0.15, 0.2) is 5.43 Å². The molecule has 0 atom stereocenters. The van der Waals surface area contributed by atoms with Gasteiger partial charge < -0.3 is 15.4 Å². The molecular weight excluding hydrogens is 208 g/mol. The van der Waals surface area contributed by atoms with Crippen LogP contribution in [0.1, 0.15) is 0 Å². The largest absolute Gasteiger partial charge is 0.464 e. The summed E-state index contributed by atoms with van der Waals surface area (Å²) in [4.78, 5) is 11.1. The lowest BCUT2D eigenvalue weighted by Gasteiger charge is -1.91. The van der Waals surface area contributed by atoms with E-state index in [1.54, 1.807) is 12.1 Å². The summed E-state index contributed by atoms with van der Waals surface area (Å²) in [5.41, 5.74) is 0.645. The van der Waals surface area contributed by atoms with Gasteiger partial charge in [-0.3, -0.25) is 4.79 Å². The van der Waals surface area contributed by atoms with Crippen molar-refractivity contribution >= 4 is 23.4 Å². The van der Waals surface area contributed by atoms with E-state index in [4.69, 9.17) is 4.42 Å². The lowest BCUT2D eigenvalue weighted by molar-refractivity contribution is 0.602. The maximum Gasteiger partial charge on any atom is 0.192 e. The Bertz CT molecular complexity index is 433. The fourth-order valence-electron chi connectivity index (χ4n) is 1.03. The minimum atomic E-state index is 0. The van der Waals surface area contributed by atoms with Gasteiger partial charge in [-0.2, -0.15) is 0 Å². The molecule has 0 bridgehead atoms. The van der Waals surface area contributed by atoms with Crippen molar-refractivity contribution in [2.45, 2.75) is 0 Å². The maximum atomic E-state index is 11.1. The molecule has 0 aliphatic carbocycles. The van der Waals surface area contributed by atoms with Crippen LogP contribution >= 0.6 is 12.4 Å². The predicted molar refractivity (Wildman–Crippen MR) is 57.0 cm³/mol. The van der Waals surface area contributed by atoms with Gasteiger partial charge in [0.1, 0.15) is 5.58 Å². The summed E-state index contributed by atoms with van der Waals surface area (Å²) in [5.74, 6) is 0. The molecule has 1 aromatic heterocycles. The monoisotopic (exact) mass is 218 g/mol. The number of hydrogen-bond acceptors (Lipinski definition) is 2. The minimum absolute atomic E-state index is 0. The molecule has 0 radical (unpaired) electrons. The quantitative estimate of drug-likeness (QED) is 0.646. The Balaban J connectivity index is 0. The first-order valence-corrected chi connectivity index (χ1v) is 3.34. The van der Waals surface area contributed by atoms with Crippen LogP contribution in [0.25, 0.3) is 11.0 Å². The Labute approximate surface area is 86.2 Å². The molecule has 1 heterocycles. The lowest BCUT2D eigenvalue weighted by atomic mass is 10.2. The average Bonchev–Trinajstić information content (AvgIpc) is 2.06. The maximum absolute atomic E-state index is 11.1. The molecule has 4 N–H and O–H groups in total.